The number of aryl methyl sites for hydroxylation is 2. The van der Waals surface area contributed by atoms with Crippen LogP contribution in [0.2, 0.25) is 0 Å². The van der Waals surface area contributed by atoms with Gasteiger partial charge in [-0.05, 0) is 49.2 Å². The highest BCUT2D eigenvalue weighted by atomic mass is 14.7. The van der Waals surface area contributed by atoms with Crippen molar-refractivity contribution in [3.8, 4) is 22.5 Å². The van der Waals surface area contributed by atoms with Gasteiger partial charge in [0.15, 0.2) is 0 Å². The summed E-state index contributed by atoms with van der Waals surface area (Å²) in [5, 5.41) is 0. The molecule has 0 aliphatic heterocycles. The Morgan fingerprint density at radius 2 is 1.30 bits per heavy atom. The van der Waals surface area contributed by atoms with Crippen LogP contribution in [0, 0.1) is 13.8 Å². The fourth-order valence-corrected chi connectivity index (χ4v) is 3.38. The molecule has 0 bridgehead atoms. The molecule has 0 N–H and O–H groups in total. The highest BCUT2D eigenvalue weighted by Gasteiger charge is 2.05. The molecule has 0 spiro atoms. The van der Waals surface area contributed by atoms with Gasteiger partial charge in [-0.2, -0.15) is 0 Å². The van der Waals surface area contributed by atoms with Crippen molar-refractivity contribution in [3.63, 3.8) is 0 Å². The van der Waals surface area contributed by atoms with Gasteiger partial charge in [-0.3, -0.25) is 4.98 Å². The first-order valence-electron chi connectivity index (χ1n) is 9.23. The largest absolute Gasteiger partial charge is 0.258 e. The van der Waals surface area contributed by atoms with E-state index in [9.17, 15) is 0 Å². The van der Waals surface area contributed by atoms with Crippen LogP contribution in [0.15, 0.2) is 84.9 Å². The molecule has 0 fully saturated rings. The SMILES string of the molecule is Cc1cc(C)nc(Cc2ccc(-c3cccc(-c4ccccc4)n3)cc2)c1. The van der Waals surface area contributed by atoms with Crippen LogP contribution >= 0.6 is 0 Å². The quantitative estimate of drug-likeness (QED) is 0.450. The monoisotopic (exact) mass is 350 g/mol. The van der Waals surface area contributed by atoms with Crippen molar-refractivity contribution in [2.75, 3.05) is 0 Å². The number of nitrogens with zero attached hydrogens (tertiary/aromatic N) is 2. The van der Waals surface area contributed by atoms with Crippen LogP contribution in [0.25, 0.3) is 22.5 Å². The first kappa shape index (κ1) is 17.2. The molecule has 2 heterocycles. The van der Waals surface area contributed by atoms with Gasteiger partial charge in [-0.25, -0.2) is 4.98 Å². The third-order valence-electron chi connectivity index (χ3n) is 4.60. The standard InChI is InChI=1S/C25H22N2/c1-18-15-19(2)26-23(16-18)17-20-11-13-22(14-12-20)25-10-6-9-24(27-25)21-7-4-3-5-8-21/h3-16H,17H2,1-2H3. The maximum absolute atomic E-state index is 4.84. The highest BCUT2D eigenvalue weighted by Crippen LogP contribution is 2.23. The number of hydrogen-bond donors (Lipinski definition) is 0. The van der Waals surface area contributed by atoms with Crippen molar-refractivity contribution in [2.24, 2.45) is 0 Å². The average Bonchev–Trinajstić information content (AvgIpc) is 2.69. The molecule has 0 saturated heterocycles. The smallest absolute Gasteiger partial charge is 0.0709 e. The molecule has 0 aliphatic carbocycles. The fourth-order valence-electron chi connectivity index (χ4n) is 3.38. The van der Waals surface area contributed by atoms with Crippen molar-refractivity contribution >= 4 is 0 Å². The summed E-state index contributed by atoms with van der Waals surface area (Å²) in [5.41, 5.74) is 8.96. The summed E-state index contributed by atoms with van der Waals surface area (Å²) in [6.07, 6.45) is 0.848. The van der Waals surface area contributed by atoms with Gasteiger partial charge in [0.05, 0.1) is 11.4 Å². The molecule has 0 unspecified atom stereocenters. The molecular formula is C25H22N2. The van der Waals surface area contributed by atoms with E-state index in [-0.39, 0.29) is 0 Å². The van der Waals surface area contributed by atoms with E-state index < -0.39 is 0 Å². The molecule has 4 rings (SSSR count). The molecule has 0 amide bonds. The molecule has 0 aliphatic rings. The maximum atomic E-state index is 4.84. The van der Waals surface area contributed by atoms with Gasteiger partial charge in [-0.15, -0.1) is 0 Å². The second-order valence-corrected chi connectivity index (χ2v) is 6.93. The van der Waals surface area contributed by atoms with E-state index >= 15 is 0 Å². The van der Waals surface area contributed by atoms with Crippen molar-refractivity contribution in [3.05, 3.63) is 107 Å². The molecule has 2 heteroatoms. The fraction of sp³-hybridized carbons (Fsp3) is 0.120. The van der Waals surface area contributed by atoms with Crippen LogP contribution in [0.3, 0.4) is 0 Å². The van der Waals surface area contributed by atoms with Gasteiger partial charge in [-0.1, -0.05) is 60.7 Å². The summed E-state index contributed by atoms with van der Waals surface area (Å²) in [6.45, 7) is 4.16. The van der Waals surface area contributed by atoms with Gasteiger partial charge in [0.2, 0.25) is 0 Å². The van der Waals surface area contributed by atoms with Crippen LogP contribution in [0.4, 0.5) is 0 Å². The first-order chi connectivity index (χ1) is 13.2. The lowest BCUT2D eigenvalue weighted by molar-refractivity contribution is 1.03. The Bertz CT molecular complexity index is 1030. The second kappa shape index (κ2) is 7.55. The zero-order valence-corrected chi connectivity index (χ0v) is 15.7. The van der Waals surface area contributed by atoms with Gasteiger partial charge >= 0.3 is 0 Å². The number of benzene rings is 2. The molecule has 2 aromatic heterocycles. The maximum Gasteiger partial charge on any atom is 0.0709 e. The van der Waals surface area contributed by atoms with Gasteiger partial charge in [0, 0.05) is 28.9 Å². The summed E-state index contributed by atoms with van der Waals surface area (Å²) in [5.74, 6) is 0. The van der Waals surface area contributed by atoms with E-state index in [1.54, 1.807) is 0 Å². The lowest BCUT2D eigenvalue weighted by Gasteiger charge is -2.07. The topological polar surface area (TPSA) is 25.8 Å². The van der Waals surface area contributed by atoms with E-state index in [1.165, 1.54) is 11.1 Å². The van der Waals surface area contributed by atoms with Crippen molar-refractivity contribution in [2.45, 2.75) is 20.3 Å². The predicted octanol–water partition coefficient (Wildman–Crippen LogP) is 6.02. The van der Waals surface area contributed by atoms with Crippen LogP contribution in [-0.4, -0.2) is 9.97 Å². The van der Waals surface area contributed by atoms with Crippen molar-refractivity contribution in [1.82, 2.24) is 9.97 Å². The second-order valence-electron chi connectivity index (χ2n) is 6.93. The minimum Gasteiger partial charge on any atom is -0.258 e. The van der Waals surface area contributed by atoms with E-state index in [2.05, 4.69) is 78.6 Å². The Morgan fingerprint density at radius 1 is 0.630 bits per heavy atom. The molecule has 0 radical (unpaired) electrons. The van der Waals surface area contributed by atoms with Gasteiger partial charge < -0.3 is 0 Å². The Kier molecular flexibility index (Phi) is 4.80. The van der Waals surface area contributed by atoms with Crippen LogP contribution in [-0.2, 0) is 6.42 Å². The third-order valence-corrected chi connectivity index (χ3v) is 4.60. The zero-order chi connectivity index (χ0) is 18.6. The number of hydrogen-bond acceptors (Lipinski definition) is 2. The average molecular weight is 350 g/mol. The molecule has 0 saturated carbocycles. The van der Waals surface area contributed by atoms with Crippen LogP contribution in [0.5, 0.6) is 0 Å². The summed E-state index contributed by atoms with van der Waals surface area (Å²) >= 11 is 0. The number of pyridine rings is 2. The van der Waals surface area contributed by atoms with Crippen molar-refractivity contribution in [1.29, 1.82) is 0 Å². The highest BCUT2D eigenvalue weighted by molar-refractivity contribution is 5.66. The third kappa shape index (κ3) is 4.12. The predicted molar refractivity (Wildman–Crippen MR) is 112 cm³/mol. The molecular weight excluding hydrogens is 328 g/mol. The Labute approximate surface area is 160 Å². The van der Waals surface area contributed by atoms with E-state index in [1.807, 2.05) is 25.1 Å². The van der Waals surface area contributed by atoms with E-state index in [0.717, 1.165) is 40.3 Å². The van der Waals surface area contributed by atoms with E-state index in [4.69, 9.17) is 4.98 Å². The molecule has 2 aromatic carbocycles. The summed E-state index contributed by atoms with van der Waals surface area (Å²) in [4.78, 5) is 9.48. The van der Waals surface area contributed by atoms with Crippen molar-refractivity contribution < 1.29 is 0 Å². The Hall–Kier alpha value is -3.26. The summed E-state index contributed by atoms with van der Waals surface area (Å²) in [7, 11) is 0. The van der Waals surface area contributed by atoms with Gasteiger partial charge in [0.25, 0.3) is 0 Å². The minimum absolute atomic E-state index is 0.848. The summed E-state index contributed by atoms with van der Waals surface area (Å²) < 4.78 is 0. The number of rotatable bonds is 4. The lowest BCUT2D eigenvalue weighted by Crippen LogP contribution is -1.95. The zero-order valence-electron chi connectivity index (χ0n) is 15.7. The summed E-state index contributed by atoms with van der Waals surface area (Å²) in [6, 6.07) is 29.4. The van der Waals surface area contributed by atoms with Crippen LogP contribution < -0.4 is 0 Å². The lowest BCUT2D eigenvalue weighted by atomic mass is 10.0. The molecule has 27 heavy (non-hydrogen) atoms. The van der Waals surface area contributed by atoms with Crippen LogP contribution in [0.1, 0.15) is 22.5 Å². The Morgan fingerprint density at radius 3 is 1.96 bits per heavy atom. The molecule has 132 valence electrons. The van der Waals surface area contributed by atoms with E-state index in [0.29, 0.717) is 0 Å². The first-order valence-corrected chi connectivity index (χ1v) is 9.23. The Balaban J connectivity index is 1.57. The normalized spacial score (nSPS) is 10.7. The molecule has 2 nitrogen and oxygen atoms in total. The molecule has 0 atom stereocenters. The van der Waals surface area contributed by atoms with Gasteiger partial charge in [0.1, 0.15) is 0 Å². The minimum atomic E-state index is 0.848. The number of aromatic nitrogens is 2. The molecule has 4 aromatic rings.